The quantitative estimate of drug-likeness (QED) is 0.186. The van der Waals surface area contributed by atoms with E-state index >= 15 is 0 Å². The number of halogens is 2. The van der Waals surface area contributed by atoms with E-state index in [4.69, 9.17) is 21.1 Å². The maximum absolute atomic E-state index is 13.6. The van der Waals surface area contributed by atoms with Gasteiger partial charge >= 0.3 is 5.97 Å². The van der Waals surface area contributed by atoms with Crippen molar-refractivity contribution in [2.45, 2.75) is 31.8 Å². The molecular weight excluding hydrogens is 579 g/mol. The standard InChI is InChI=1S/C30H32ClFN6O5/c1-2-27(39)36-24-16-20-23(33-18-34-29(20)35-19-5-6-22(32)21(31)15-19)17-26(24)42-14-4-3-9-37-10-12-38(13-11-37)30(41)25-7-8-28(40)43-25/h2,5-6,15-18,25H,1,3-4,7-14H2,(H,36,39)(H,33,34,35)/t25-/m0/s1. The number of esters is 1. The molecule has 0 unspecified atom stereocenters. The molecule has 0 radical (unpaired) electrons. The van der Waals surface area contributed by atoms with Crippen molar-refractivity contribution in [2.75, 3.05) is 50.0 Å². The fourth-order valence-corrected chi connectivity index (χ4v) is 5.19. The summed E-state index contributed by atoms with van der Waals surface area (Å²) < 4.78 is 24.8. The number of unbranched alkanes of at least 4 members (excludes halogenated alkanes) is 1. The largest absolute Gasteiger partial charge is 0.491 e. The molecule has 43 heavy (non-hydrogen) atoms. The van der Waals surface area contributed by atoms with Gasteiger partial charge in [-0.25, -0.2) is 14.4 Å². The molecule has 2 amide bonds. The maximum atomic E-state index is 13.6. The van der Waals surface area contributed by atoms with Gasteiger partial charge < -0.3 is 25.0 Å². The average molecular weight is 611 g/mol. The van der Waals surface area contributed by atoms with Gasteiger partial charge in [0.25, 0.3) is 5.91 Å². The summed E-state index contributed by atoms with van der Waals surface area (Å²) in [6.45, 7) is 7.54. The van der Waals surface area contributed by atoms with Crippen molar-refractivity contribution in [1.29, 1.82) is 0 Å². The SMILES string of the molecule is C=CC(=O)Nc1cc2c(Nc3ccc(F)c(Cl)c3)ncnc2cc1OCCCCN1CCN(C(=O)[C@@H]2CCC(=O)O2)CC1. The molecule has 2 aliphatic heterocycles. The van der Waals surface area contributed by atoms with Crippen molar-refractivity contribution in [2.24, 2.45) is 0 Å². The van der Waals surface area contributed by atoms with Crippen LogP contribution in [-0.2, 0) is 19.1 Å². The number of nitrogens with one attached hydrogen (secondary N) is 2. The Morgan fingerprint density at radius 2 is 1.98 bits per heavy atom. The van der Waals surface area contributed by atoms with Crippen LogP contribution < -0.4 is 15.4 Å². The Kier molecular flexibility index (Phi) is 9.68. The number of cyclic esters (lactones) is 1. The fraction of sp³-hybridized carbons (Fsp3) is 0.367. The van der Waals surface area contributed by atoms with Gasteiger partial charge in [-0.1, -0.05) is 18.2 Å². The van der Waals surface area contributed by atoms with Gasteiger partial charge in [-0.15, -0.1) is 0 Å². The van der Waals surface area contributed by atoms with E-state index in [1.54, 1.807) is 23.1 Å². The van der Waals surface area contributed by atoms with E-state index in [1.807, 2.05) is 0 Å². The second-order valence-corrected chi connectivity index (χ2v) is 10.7. The molecule has 3 aromatic rings. The van der Waals surface area contributed by atoms with Crippen molar-refractivity contribution < 1.29 is 28.2 Å². The molecule has 5 rings (SSSR count). The zero-order chi connectivity index (χ0) is 30.3. The molecule has 2 saturated heterocycles. The highest BCUT2D eigenvalue weighted by Crippen LogP contribution is 2.34. The third kappa shape index (κ3) is 7.57. The van der Waals surface area contributed by atoms with Gasteiger partial charge in [0, 0.05) is 56.2 Å². The fourth-order valence-electron chi connectivity index (χ4n) is 5.01. The van der Waals surface area contributed by atoms with Crippen LogP contribution in [0.5, 0.6) is 5.75 Å². The van der Waals surface area contributed by atoms with E-state index in [0.29, 0.717) is 66.4 Å². The lowest BCUT2D eigenvalue weighted by molar-refractivity contribution is -0.153. The Balaban J connectivity index is 1.16. The molecule has 0 spiro atoms. The molecule has 3 heterocycles. The van der Waals surface area contributed by atoms with Gasteiger partial charge in [-0.05, 0) is 49.7 Å². The van der Waals surface area contributed by atoms with Crippen molar-refractivity contribution in [1.82, 2.24) is 19.8 Å². The number of carbonyl (C=O) groups is 3. The third-order valence-electron chi connectivity index (χ3n) is 7.33. The van der Waals surface area contributed by atoms with Crippen LogP contribution >= 0.6 is 11.6 Å². The van der Waals surface area contributed by atoms with Crippen LogP contribution in [-0.4, -0.2) is 83.0 Å². The molecule has 226 valence electrons. The van der Waals surface area contributed by atoms with Crippen molar-refractivity contribution >= 4 is 57.5 Å². The molecule has 13 heteroatoms. The Hall–Kier alpha value is -4.29. The minimum atomic E-state index is -0.629. The summed E-state index contributed by atoms with van der Waals surface area (Å²) in [4.78, 5) is 48.8. The van der Waals surface area contributed by atoms with Crippen LogP contribution in [0.4, 0.5) is 21.6 Å². The molecule has 2 aliphatic rings. The monoisotopic (exact) mass is 610 g/mol. The summed E-state index contributed by atoms with van der Waals surface area (Å²) in [5, 5.41) is 6.49. The zero-order valence-electron chi connectivity index (χ0n) is 23.5. The minimum Gasteiger partial charge on any atom is -0.491 e. The number of anilines is 3. The highest BCUT2D eigenvalue weighted by Gasteiger charge is 2.34. The lowest BCUT2D eigenvalue weighted by atomic mass is 10.1. The number of nitrogens with zero attached hydrogens (tertiary/aromatic N) is 4. The van der Waals surface area contributed by atoms with Crippen LogP contribution in [0.3, 0.4) is 0 Å². The summed E-state index contributed by atoms with van der Waals surface area (Å²) in [6, 6.07) is 7.70. The number of fused-ring (bicyclic) bond motifs is 1. The number of hydrogen-bond donors (Lipinski definition) is 2. The molecular formula is C30H32ClFN6O5. The van der Waals surface area contributed by atoms with Gasteiger partial charge in [0.2, 0.25) is 5.91 Å². The Bertz CT molecular complexity index is 1530. The summed E-state index contributed by atoms with van der Waals surface area (Å²) in [7, 11) is 0. The predicted molar refractivity (Wildman–Crippen MR) is 160 cm³/mol. The average Bonchev–Trinajstić information content (AvgIpc) is 3.45. The molecule has 2 N–H and O–H groups in total. The molecule has 2 aromatic carbocycles. The highest BCUT2D eigenvalue weighted by molar-refractivity contribution is 6.31. The van der Waals surface area contributed by atoms with Gasteiger partial charge in [-0.2, -0.15) is 0 Å². The first-order chi connectivity index (χ1) is 20.8. The number of benzene rings is 2. The van der Waals surface area contributed by atoms with Crippen molar-refractivity contribution in [3.05, 3.63) is 60.2 Å². The van der Waals surface area contributed by atoms with Crippen LogP contribution in [0, 0.1) is 5.82 Å². The highest BCUT2D eigenvalue weighted by atomic mass is 35.5. The molecule has 2 fully saturated rings. The van der Waals surface area contributed by atoms with E-state index in [-0.39, 0.29) is 16.9 Å². The smallest absolute Gasteiger partial charge is 0.306 e. The van der Waals surface area contributed by atoms with E-state index in [9.17, 15) is 18.8 Å². The van der Waals surface area contributed by atoms with E-state index in [1.165, 1.54) is 24.5 Å². The normalized spacial score (nSPS) is 17.0. The third-order valence-corrected chi connectivity index (χ3v) is 7.62. The molecule has 0 saturated carbocycles. The van der Waals surface area contributed by atoms with Gasteiger partial charge in [0.1, 0.15) is 23.7 Å². The first-order valence-corrected chi connectivity index (χ1v) is 14.5. The van der Waals surface area contributed by atoms with Crippen molar-refractivity contribution in [3.8, 4) is 5.75 Å². The van der Waals surface area contributed by atoms with Gasteiger partial charge in [0.15, 0.2) is 6.10 Å². The zero-order valence-corrected chi connectivity index (χ0v) is 24.2. The Labute approximate surface area is 253 Å². The molecule has 1 aromatic heterocycles. The summed E-state index contributed by atoms with van der Waals surface area (Å²) in [5.41, 5.74) is 1.55. The van der Waals surface area contributed by atoms with Crippen LogP contribution in [0.15, 0.2) is 49.3 Å². The number of hydrogen-bond acceptors (Lipinski definition) is 9. The van der Waals surface area contributed by atoms with Gasteiger partial charge in [0.05, 0.1) is 22.8 Å². The number of ether oxygens (including phenoxy) is 2. The van der Waals surface area contributed by atoms with E-state index < -0.39 is 17.8 Å². The van der Waals surface area contributed by atoms with Crippen LogP contribution in [0.1, 0.15) is 25.7 Å². The van der Waals surface area contributed by atoms with Crippen LogP contribution in [0.25, 0.3) is 10.9 Å². The summed E-state index contributed by atoms with van der Waals surface area (Å²) in [6.07, 6.45) is 4.36. The first-order valence-electron chi connectivity index (χ1n) is 14.1. The number of rotatable bonds is 11. The van der Waals surface area contributed by atoms with E-state index in [2.05, 4.69) is 32.1 Å². The first kappa shape index (κ1) is 30.2. The topological polar surface area (TPSA) is 126 Å². The number of amides is 2. The molecule has 1 atom stereocenters. The summed E-state index contributed by atoms with van der Waals surface area (Å²) in [5.74, 6) is -0.428. The Morgan fingerprint density at radius 1 is 1.16 bits per heavy atom. The minimum absolute atomic E-state index is 0.0245. The number of aromatic nitrogens is 2. The van der Waals surface area contributed by atoms with Gasteiger partial charge in [-0.3, -0.25) is 19.3 Å². The lowest BCUT2D eigenvalue weighted by Crippen LogP contribution is -2.51. The summed E-state index contributed by atoms with van der Waals surface area (Å²) >= 11 is 5.92. The lowest BCUT2D eigenvalue weighted by Gasteiger charge is -2.35. The number of carbonyl (C=O) groups excluding carboxylic acids is 3. The second kappa shape index (κ2) is 13.8. The van der Waals surface area contributed by atoms with Crippen LogP contribution in [0.2, 0.25) is 5.02 Å². The molecule has 11 nitrogen and oxygen atoms in total. The second-order valence-electron chi connectivity index (χ2n) is 10.3. The molecule has 0 aliphatic carbocycles. The van der Waals surface area contributed by atoms with E-state index in [0.717, 1.165) is 32.5 Å². The van der Waals surface area contributed by atoms with Crippen molar-refractivity contribution in [3.63, 3.8) is 0 Å². The number of piperazine rings is 1. The Morgan fingerprint density at radius 3 is 2.70 bits per heavy atom. The molecule has 0 bridgehead atoms. The predicted octanol–water partition coefficient (Wildman–Crippen LogP) is 4.30. The maximum Gasteiger partial charge on any atom is 0.306 e.